The largest absolute Gasteiger partial charge is 0.271 e. The molecule has 2 aromatic carbocycles. The van der Waals surface area contributed by atoms with Crippen molar-refractivity contribution < 1.29 is 4.79 Å². The molecular weight excluding hydrogens is 320 g/mol. The van der Waals surface area contributed by atoms with Gasteiger partial charge in [0.1, 0.15) is 0 Å². The van der Waals surface area contributed by atoms with Gasteiger partial charge in [0.15, 0.2) is 0 Å². The van der Waals surface area contributed by atoms with E-state index in [0.717, 1.165) is 33.7 Å². The molecule has 0 bridgehead atoms. The Hall–Kier alpha value is -2.65. The lowest BCUT2D eigenvalue weighted by atomic mass is 9.94. The van der Waals surface area contributed by atoms with Crippen molar-refractivity contribution in [1.29, 1.82) is 0 Å². The summed E-state index contributed by atoms with van der Waals surface area (Å²) < 4.78 is 1.52. The maximum atomic E-state index is 12.5. The molecule has 0 N–H and O–H groups in total. The van der Waals surface area contributed by atoms with Crippen LogP contribution in [0.25, 0.3) is 16.7 Å². The van der Waals surface area contributed by atoms with Crippen LogP contribution in [-0.4, -0.2) is 15.7 Å². The van der Waals surface area contributed by atoms with Crippen molar-refractivity contribution in [2.75, 3.05) is 0 Å². The quantitative estimate of drug-likeness (QED) is 0.675. The van der Waals surface area contributed by atoms with E-state index in [1.807, 2.05) is 61.5 Å². The van der Waals surface area contributed by atoms with Crippen LogP contribution in [0.4, 0.5) is 0 Å². The third kappa shape index (κ3) is 2.47. The highest BCUT2D eigenvalue weighted by molar-refractivity contribution is 6.30. The number of nitrogens with zero attached hydrogens (tertiary/aromatic N) is 2. The van der Waals surface area contributed by atoms with Gasteiger partial charge in [0.2, 0.25) is 0 Å². The van der Waals surface area contributed by atoms with E-state index < -0.39 is 0 Å². The monoisotopic (exact) mass is 334 g/mol. The SMILES string of the molecule is Cc1nn2c(c1-c1ccc(Cl)cc1)CC(c1ccccc1)=CC2=O. The third-order valence-electron chi connectivity index (χ3n) is 4.30. The van der Waals surface area contributed by atoms with E-state index >= 15 is 0 Å². The van der Waals surface area contributed by atoms with Crippen LogP contribution in [0.2, 0.25) is 5.02 Å². The zero-order chi connectivity index (χ0) is 16.7. The van der Waals surface area contributed by atoms with Gasteiger partial charge in [0.25, 0.3) is 5.91 Å². The van der Waals surface area contributed by atoms with Crippen molar-refractivity contribution in [2.24, 2.45) is 0 Å². The van der Waals surface area contributed by atoms with Crippen LogP contribution < -0.4 is 0 Å². The fourth-order valence-electron chi connectivity index (χ4n) is 3.19. The van der Waals surface area contributed by atoms with E-state index in [1.54, 1.807) is 6.08 Å². The van der Waals surface area contributed by atoms with Crippen LogP contribution >= 0.6 is 11.6 Å². The Kier molecular flexibility index (Phi) is 3.58. The van der Waals surface area contributed by atoms with Gasteiger partial charge >= 0.3 is 0 Å². The average molecular weight is 335 g/mol. The Morgan fingerprint density at radius 3 is 2.42 bits per heavy atom. The van der Waals surface area contributed by atoms with Gasteiger partial charge in [-0.2, -0.15) is 5.10 Å². The Bertz CT molecular complexity index is 953. The van der Waals surface area contributed by atoms with Gasteiger partial charge in [-0.15, -0.1) is 0 Å². The number of hydrogen-bond donors (Lipinski definition) is 0. The Balaban J connectivity index is 1.83. The number of aromatic nitrogens is 2. The lowest BCUT2D eigenvalue weighted by Crippen LogP contribution is -2.19. The van der Waals surface area contributed by atoms with Gasteiger partial charge in [-0.05, 0) is 35.8 Å². The standard InChI is InChI=1S/C20H15ClN2O/c1-13-20(15-7-9-17(21)10-8-15)18-11-16(12-19(24)23(18)22-13)14-5-3-2-4-6-14/h2-10,12H,11H2,1H3. The van der Waals surface area contributed by atoms with Gasteiger partial charge < -0.3 is 0 Å². The lowest BCUT2D eigenvalue weighted by Gasteiger charge is -2.16. The fourth-order valence-corrected chi connectivity index (χ4v) is 3.32. The van der Waals surface area contributed by atoms with Crippen molar-refractivity contribution in [2.45, 2.75) is 13.3 Å². The molecular formula is C20H15ClN2O. The lowest BCUT2D eigenvalue weighted by molar-refractivity contribution is 0.0948. The molecule has 0 amide bonds. The number of carbonyl (C=O) groups is 1. The predicted octanol–water partition coefficient (Wildman–Crippen LogP) is 4.79. The summed E-state index contributed by atoms with van der Waals surface area (Å²) in [7, 11) is 0. The van der Waals surface area contributed by atoms with E-state index in [2.05, 4.69) is 5.10 Å². The second kappa shape index (κ2) is 5.77. The predicted molar refractivity (Wildman–Crippen MR) is 96.2 cm³/mol. The molecule has 118 valence electrons. The topological polar surface area (TPSA) is 34.9 Å². The molecule has 2 heterocycles. The van der Waals surface area contributed by atoms with Crippen molar-refractivity contribution in [3.05, 3.63) is 82.6 Å². The smallest absolute Gasteiger partial charge is 0.267 e. The van der Waals surface area contributed by atoms with Crippen molar-refractivity contribution in [3.8, 4) is 11.1 Å². The molecule has 4 heteroatoms. The number of fused-ring (bicyclic) bond motifs is 1. The Labute approximate surface area is 145 Å². The van der Waals surface area contributed by atoms with Gasteiger partial charge in [0.05, 0.1) is 11.4 Å². The van der Waals surface area contributed by atoms with E-state index in [9.17, 15) is 4.79 Å². The molecule has 3 aromatic rings. The highest BCUT2D eigenvalue weighted by atomic mass is 35.5. The first-order chi connectivity index (χ1) is 11.6. The number of aryl methyl sites for hydroxylation is 1. The number of rotatable bonds is 2. The van der Waals surface area contributed by atoms with Crippen molar-refractivity contribution in [1.82, 2.24) is 9.78 Å². The van der Waals surface area contributed by atoms with Crippen LogP contribution in [0.5, 0.6) is 0 Å². The molecule has 0 fully saturated rings. The molecule has 0 radical (unpaired) electrons. The summed E-state index contributed by atoms with van der Waals surface area (Å²) in [5.74, 6) is -0.0987. The molecule has 0 atom stereocenters. The van der Waals surface area contributed by atoms with Crippen LogP contribution in [0.3, 0.4) is 0 Å². The first kappa shape index (κ1) is 14.9. The Morgan fingerprint density at radius 2 is 1.71 bits per heavy atom. The number of halogens is 1. The number of allylic oxidation sites excluding steroid dienone is 2. The van der Waals surface area contributed by atoms with Crippen LogP contribution in [0.15, 0.2) is 60.7 Å². The Morgan fingerprint density at radius 1 is 1.00 bits per heavy atom. The van der Waals surface area contributed by atoms with Gasteiger partial charge in [-0.1, -0.05) is 54.1 Å². The van der Waals surface area contributed by atoms with Crippen LogP contribution in [-0.2, 0) is 6.42 Å². The molecule has 4 rings (SSSR count). The zero-order valence-corrected chi connectivity index (χ0v) is 13.9. The zero-order valence-electron chi connectivity index (χ0n) is 13.2. The number of hydrogen-bond acceptors (Lipinski definition) is 2. The maximum Gasteiger partial charge on any atom is 0.271 e. The fraction of sp³-hybridized carbons (Fsp3) is 0.100. The second-order valence-electron chi connectivity index (χ2n) is 5.88. The molecule has 0 saturated carbocycles. The molecule has 0 aliphatic carbocycles. The minimum atomic E-state index is -0.0987. The highest BCUT2D eigenvalue weighted by Crippen LogP contribution is 2.34. The van der Waals surface area contributed by atoms with Crippen LogP contribution in [0.1, 0.15) is 21.7 Å². The van der Waals surface area contributed by atoms with E-state index in [0.29, 0.717) is 11.4 Å². The van der Waals surface area contributed by atoms with Crippen molar-refractivity contribution >= 4 is 23.1 Å². The van der Waals surface area contributed by atoms with Gasteiger partial charge in [0, 0.05) is 23.1 Å². The first-order valence-corrected chi connectivity index (χ1v) is 8.16. The molecule has 0 saturated heterocycles. The normalized spacial score (nSPS) is 13.6. The molecule has 1 aromatic heterocycles. The summed E-state index contributed by atoms with van der Waals surface area (Å²) >= 11 is 6.00. The molecule has 0 spiro atoms. The summed E-state index contributed by atoms with van der Waals surface area (Å²) in [5, 5.41) is 5.14. The summed E-state index contributed by atoms with van der Waals surface area (Å²) in [6, 6.07) is 17.7. The minimum absolute atomic E-state index is 0.0987. The van der Waals surface area contributed by atoms with E-state index in [-0.39, 0.29) is 5.91 Å². The van der Waals surface area contributed by atoms with Crippen molar-refractivity contribution in [3.63, 3.8) is 0 Å². The summed E-state index contributed by atoms with van der Waals surface area (Å²) in [5.41, 5.74) is 5.91. The second-order valence-corrected chi connectivity index (χ2v) is 6.31. The summed E-state index contributed by atoms with van der Waals surface area (Å²) in [6.07, 6.45) is 2.36. The van der Waals surface area contributed by atoms with Crippen LogP contribution in [0, 0.1) is 6.92 Å². The van der Waals surface area contributed by atoms with Gasteiger partial charge in [-0.25, -0.2) is 4.68 Å². The van der Waals surface area contributed by atoms with E-state index in [1.165, 1.54) is 4.68 Å². The number of benzene rings is 2. The molecule has 24 heavy (non-hydrogen) atoms. The average Bonchev–Trinajstić information content (AvgIpc) is 2.93. The summed E-state index contributed by atoms with van der Waals surface area (Å²) in [4.78, 5) is 12.5. The van der Waals surface area contributed by atoms with Gasteiger partial charge in [-0.3, -0.25) is 4.79 Å². The molecule has 1 aliphatic rings. The molecule has 3 nitrogen and oxygen atoms in total. The maximum absolute atomic E-state index is 12.5. The summed E-state index contributed by atoms with van der Waals surface area (Å²) in [6.45, 7) is 1.94. The minimum Gasteiger partial charge on any atom is -0.267 e. The molecule has 0 unspecified atom stereocenters. The first-order valence-electron chi connectivity index (χ1n) is 7.78. The number of carbonyl (C=O) groups excluding carboxylic acids is 1. The highest BCUT2D eigenvalue weighted by Gasteiger charge is 2.25. The van der Waals surface area contributed by atoms with E-state index in [4.69, 9.17) is 11.6 Å². The third-order valence-corrected chi connectivity index (χ3v) is 4.55. The molecule has 1 aliphatic heterocycles.